The fourth-order valence-corrected chi connectivity index (χ4v) is 3.79. The molecule has 4 nitrogen and oxygen atoms in total. The summed E-state index contributed by atoms with van der Waals surface area (Å²) >= 11 is 2.29. The molecule has 0 aliphatic carbocycles. The maximum absolute atomic E-state index is 11.6. The van der Waals surface area contributed by atoms with E-state index in [0.29, 0.717) is 0 Å². The van der Waals surface area contributed by atoms with Crippen molar-refractivity contribution < 1.29 is 14.6 Å². The van der Waals surface area contributed by atoms with Crippen molar-refractivity contribution in [3.8, 4) is 5.75 Å². The Kier molecular flexibility index (Phi) is 4.48. The van der Waals surface area contributed by atoms with E-state index in [1.165, 1.54) is 0 Å². The van der Waals surface area contributed by atoms with Crippen LogP contribution in [0.15, 0.2) is 42.5 Å². The van der Waals surface area contributed by atoms with Crippen LogP contribution in [0.1, 0.15) is 24.0 Å². The minimum atomic E-state index is -0.819. The van der Waals surface area contributed by atoms with Gasteiger partial charge in [0.25, 0.3) is 0 Å². The van der Waals surface area contributed by atoms with Crippen LogP contribution in [0.2, 0.25) is 0 Å². The molecule has 0 aromatic heterocycles. The quantitative estimate of drug-likeness (QED) is 0.735. The van der Waals surface area contributed by atoms with Crippen LogP contribution in [0.3, 0.4) is 0 Å². The largest absolute Gasteiger partial charge is 0.497 e. The summed E-state index contributed by atoms with van der Waals surface area (Å²) in [6.45, 7) is 1.99. The molecule has 0 saturated carbocycles. The normalized spacial score (nSPS) is 22.8. The van der Waals surface area contributed by atoms with Crippen molar-refractivity contribution >= 4 is 34.2 Å². The Morgan fingerprint density at radius 3 is 2.52 bits per heavy atom. The number of carboxylic acids is 1. The first-order valence-electron chi connectivity index (χ1n) is 7.44. The van der Waals surface area contributed by atoms with Gasteiger partial charge in [0.15, 0.2) is 0 Å². The van der Waals surface area contributed by atoms with Gasteiger partial charge in [-0.05, 0) is 70.0 Å². The molecule has 0 spiro atoms. The molecule has 3 atom stereocenters. The van der Waals surface area contributed by atoms with E-state index >= 15 is 0 Å². The average molecular weight is 423 g/mol. The predicted molar refractivity (Wildman–Crippen MR) is 98.2 cm³/mol. The van der Waals surface area contributed by atoms with E-state index in [9.17, 15) is 9.90 Å². The summed E-state index contributed by atoms with van der Waals surface area (Å²) in [6, 6.07) is 13.4. The first kappa shape index (κ1) is 16.1. The molecule has 0 amide bonds. The van der Waals surface area contributed by atoms with E-state index in [4.69, 9.17) is 4.74 Å². The number of hydrogen-bond donors (Lipinski definition) is 2. The SMILES string of the molecule is COc1ccc(C2c3cc(I)ccc3NC(C(=O)O)C2C)cc1. The summed E-state index contributed by atoms with van der Waals surface area (Å²) in [5.41, 5.74) is 3.15. The van der Waals surface area contributed by atoms with Crippen LogP contribution in [0.25, 0.3) is 0 Å². The van der Waals surface area contributed by atoms with E-state index in [1.54, 1.807) is 7.11 Å². The highest BCUT2D eigenvalue weighted by atomic mass is 127. The molecule has 1 aliphatic heterocycles. The zero-order chi connectivity index (χ0) is 16.6. The van der Waals surface area contributed by atoms with Gasteiger partial charge in [0.1, 0.15) is 11.8 Å². The minimum Gasteiger partial charge on any atom is -0.497 e. The third-order valence-corrected chi connectivity index (χ3v) is 5.12. The fourth-order valence-electron chi connectivity index (χ4n) is 3.28. The number of rotatable bonds is 3. The van der Waals surface area contributed by atoms with E-state index < -0.39 is 12.0 Å². The van der Waals surface area contributed by atoms with Crippen LogP contribution in [0.4, 0.5) is 5.69 Å². The molecule has 2 N–H and O–H groups in total. The lowest BCUT2D eigenvalue weighted by atomic mass is 9.74. The van der Waals surface area contributed by atoms with Crippen LogP contribution in [0, 0.1) is 9.49 Å². The van der Waals surface area contributed by atoms with Gasteiger partial charge in [0.2, 0.25) is 0 Å². The molecular formula is C18H18INO3. The summed E-state index contributed by atoms with van der Waals surface area (Å²) in [5.74, 6) is -0.0484. The first-order valence-corrected chi connectivity index (χ1v) is 8.52. The molecule has 0 radical (unpaired) electrons. The number of hydrogen-bond acceptors (Lipinski definition) is 3. The first-order chi connectivity index (χ1) is 11.0. The molecule has 2 aromatic rings. The number of benzene rings is 2. The summed E-state index contributed by atoms with van der Waals surface area (Å²) in [7, 11) is 1.64. The van der Waals surface area contributed by atoms with Gasteiger partial charge in [0, 0.05) is 15.2 Å². The maximum atomic E-state index is 11.6. The summed E-state index contributed by atoms with van der Waals surface area (Å²) < 4.78 is 6.36. The van der Waals surface area contributed by atoms with Crippen molar-refractivity contribution in [3.05, 3.63) is 57.2 Å². The van der Waals surface area contributed by atoms with Gasteiger partial charge in [-0.15, -0.1) is 0 Å². The van der Waals surface area contributed by atoms with Gasteiger partial charge in [-0.3, -0.25) is 0 Å². The van der Waals surface area contributed by atoms with E-state index in [0.717, 1.165) is 26.1 Å². The number of anilines is 1. The van der Waals surface area contributed by atoms with Gasteiger partial charge in [0.05, 0.1) is 7.11 Å². The molecule has 5 heteroatoms. The summed E-state index contributed by atoms with van der Waals surface area (Å²) in [6.07, 6.45) is 0. The number of nitrogens with one attached hydrogen (secondary N) is 1. The molecule has 23 heavy (non-hydrogen) atoms. The van der Waals surface area contributed by atoms with Gasteiger partial charge >= 0.3 is 5.97 Å². The van der Waals surface area contributed by atoms with Crippen molar-refractivity contribution in [1.82, 2.24) is 0 Å². The zero-order valence-corrected chi connectivity index (χ0v) is 15.1. The van der Waals surface area contributed by atoms with Crippen LogP contribution in [0.5, 0.6) is 5.75 Å². The second-order valence-corrected chi connectivity index (χ2v) is 7.05. The lowest BCUT2D eigenvalue weighted by Gasteiger charge is -2.37. The number of methoxy groups -OCH3 is 1. The minimum absolute atomic E-state index is 0.0352. The van der Waals surface area contributed by atoms with Crippen molar-refractivity contribution in [1.29, 1.82) is 0 Å². The Hall–Kier alpha value is -1.76. The summed E-state index contributed by atoms with van der Waals surface area (Å²) in [4.78, 5) is 11.6. The van der Waals surface area contributed by atoms with Gasteiger partial charge in [-0.2, -0.15) is 0 Å². The second kappa shape index (κ2) is 6.39. The van der Waals surface area contributed by atoms with Crippen molar-refractivity contribution in [3.63, 3.8) is 0 Å². The lowest BCUT2D eigenvalue weighted by Crippen LogP contribution is -2.42. The van der Waals surface area contributed by atoms with Crippen LogP contribution < -0.4 is 10.1 Å². The Bertz CT molecular complexity index is 730. The van der Waals surface area contributed by atoms with E-state index in [-0.39, 0.29) is 11.8 Å². The van der Waals surface area contributed by atoms with Crippen LogP contribution in [-0.2, 0) is 4.79 Å². The van der Waals surface area contributed by atoms with Gasteiger partial charge in [-0.25, -0.2) is 4.79 Å². The van der Waals surface area contributed by atoms with Gasteiger partial charge in [-0.1, -0.05) is 19.1 Å². The van der Waals surface area contributed by atoms with Crippen molar-refractivity contribution in [2.24, 2.45) is 5.92 Å². The number of carbonyl (C=O) groups is 1. The van der Waals surface area contributed by atoms with E-state index in [2.05, 4.69) is 34.0 Å². The third kappa shape index (κ3) is 3.02. The zero-order valence-electron chi connectivity index (χ0n) is 12.9. The molecule has 0 fully saturated rings. The second-order valence-electron chi connectivity index (χ2n) is 5.80. The van der Waals surface area contributed by atoms with E-state index in [1.807, 2.05) is 43.3 Å². The standard InChI is InChI=1S/C18H18INO3/c1-10-16(11-3-6-13(23-2)7-4-11)14-9-12(19)5-8-15(14)20-17(10)18(21)22/h3-10,16-17,20H,1-2H3,(H,21,22). The Morgan fingerprint density at radius 2 is 1.91 bits per heavy atom. The monoisotopic (exact) mass is 423 g/mol. The highest BCUT2D eigenvalue weighted by Crippen LogP contribution is 2.43. The lowest BCUT2D eigenvalue weighted by molar-refractivity contribution is -0.139. The Balaban J connectivity index is 2.11. The molecule has 3 rings (SSSR count). The highest BCUT2D eigenvalue weighted by molar-refractivity contribution is 14.1. The molecule has 120 valence electrons. The Morgan fingerprint density at radius 1 is 1.22 bits per heavy atom. The van der Waals surface area contributed by atoms with Crippen molar-refractivity contribution in [2.75, 3.05) is 12.4 Å². The number of carboxylic acid groups (broad SMARTS) is 1. The molecule has 1 heterocycles. The molecule has 1 aliphatic rings. The molecule has 3 unspecified atom stereocenters. The van der Waals surface area contributed by atoms with Gasteiger partial charge < -0.3 is 15.2 Å². The highest BCUT2D eigenvalue weighted by Gasteiger charge is 2.38. The van der Waals surface area contributed by atoms with Crippen LogP contribution in [-0.4, -0.2) is 24.2 Å². The van der Waals surface area contributed by atoms with Crippen LogP contribution >= 0.6 is 22.6 Å². The molecule has 0 saturated heterocycles. The average Bonchev–Trinajstić information content (AvgIpc) is 2.54. The third-order valence-electron chi connectivity index (χ3n) is 4.45. The topological polar surface area (TPSA) is 58.6 Å². The smallest absolute Gasteiger partial charge is 0.326 e. The summed E-state index contributed by atoms with van der Waals surface area (Å²) in [5, 5.41) is 12.7. The Labute approximate surface area is 149 Å². The predicted octanol–water partition coefficient (Wildman–Crippen LogP) is 3.95. The molecule has 0 bridgehead atoms. The number of halogens is 1. The number of aliphatic carboxylic acids is 1. The maximum Gasteiger partial charge on any atom is 0.326 e. The number of fused-ring (bicyclic) bond motifs is 1. The van der Waals surface area contributed by atoms with Crippen molar-refractivity contribution in [2.45, 2.75) is 18.9 Å². The number of ether oxygens (including phenoxy) is 1. The molecular weight excluding hydrogens is 405 g/mol. The molecule has 2 aromatic carbocycles. The fraction of sp³-hybridized carbons (Fsp3) is 0.278.